The minimum Gasteiger partial charge on any atom is -0.478 e. The van der Waals surface area contributed by atoms with Crippen LogP contribution in [0.2, 0.25) is 10.0 Å². The number of hydrogen-bond donors (Lipinski definition) is 1. The highest BCUT2D eigenvalue weighted by molar-refractivity contribution is 6.40. The first-order chi connectivity index (χ1) is 19.3. The number of oxime groups is 1. The van der Waals surface area contributed by atoms with Crippen molar-refractivity contribution < 1.29 is 37.4 Å². The molecule has 0 saturated carbocycles. The summed E-state index contributed by atoms with van der Waals surface area (Å²) in [6.07, 6.45) is -5.39. The molecule has 0 fully saturated rings. The number of alkyl halides is 3. The van der Waals surface area contributed by atoms with Gasteiger partial charge in [-0.25, -0.2) is 9.78 Å². The molecule has 2 unspecified atom stereocenters. The quantitative estimate of drug-likeness (QED) is 0.300. The molecule has 8 nitrogen and oxygen atoms in total. The van der Waals surface area contributed by atoms with E-state index < -0.39 is 41.5 Å². The van der Waals surface area contributed by atoms with Crippen LogP contribution >= 0.6 is 23.2 Å². The largest absolute Gasteiger partial charge is 0.478 e. The molecule has 1 N–H and O–H groups in total. The summed E-state index contributed by atoms with van der Waals surface area (Å²) in [6, 6.07) is 12.1. The predicted octanol–water partition coefficient (Wildman–Crippen LogP) is 6.84. The summed E-state index contributed by atoms with van der Waals surface area (Å²) in [6.45, 7) is 3.67. The van der Waals surface area contributed by atoms with Gasteiger partial charge in [0.1, 0.15) is 18.4 Å². The second-order valence-corrected chi connectivity index (χ2v) is 10.4. The Bertz CT molecular complexity index is 1480. The van der Waals surface area contributed by atoms with Gasteiger partial charge in [0.25, 0.3) is 5.91 Å². The zero-order valence-corrected chi connectivity index (χ0v) is 23.5. The van der Waals surface area contributed by atoms with Crippen molar-refractivity contribution in [2.75, 3.05) is 18.6 Å². The van der Waals surface area contributed by atoms with Gasteiger partial charge < -0.3 is 19.6 Å². The smallest absolute Gasteiger partial charge is 0.435 e. The number of nitrogens with zero attached hydrogens (tertiary/aromatic N) is 3. The molecule has 216 valence electrons. The Kier molecular flexibility index (Phi) is 8.79. The Morgan fingerprint density at radius 3 is 2.22 bits per heavy atom. The maximum atomic E-state index is 14.1. The third kappa shape index (κ3) is 6.41. The molecule has 41 heavy (non-hydrogen) atoms. The Morgan fingerprint density at radius 1 is 1.05 bits per heavy atom. The average molecular weight is 610 g/mol. The molecule has 0 bridgehead atoms. The van der Waals surface area contributed by atoms with Crippen molar-refractivity contribution in [2.24, 2.45) is 17.0 Å². The number of hydrogen-bond acceptors (Lipinski definition) is 6. The SMILES string of the molecule is CC(C)C1ON=C(c2c(Cl)cccc2Cl)C1COc1ccc(N(C)C(=O)c2ccc(C(=O)O)cc2)c(C(F)(F)F)n1. The number of carboxylic acids is 1. The fourth-order valence-corrected chi connectivity index (χ4v) is 4.97. The summed E-state index contributed by atoms with van der Waals surface area (Å²) in [4.78, 5) is 34.1. The van der Waals surface area contributed by atoms with Crippen LogP contribution in [-0.2, 0) is 11.0 Å². The summed E-state index contributed by atoms with van der Waals surface area (Å²) in [5.74, 6) is -2.87. The second-order valence-electron chi connectivity index (χ2n) is 9.57. The minimum absolute atomic E-state index is 0.00281. The zero-order valence-electron chi connectivity index (χ0n) is 21.9. The van der Waals surface area contributed by atoms with Crippen LogP contribution in [0.4, 0.5) is 18.9 Å². The van der Waals surface area contributed by atoms with Gasteiger partial charge in [-0.1, -0.05) is 48.3 Å². The van der Waals surface area contributed by atoms with E-state index in [9.17, 15) is 22.8 Å². The highest BCUT2D eigenvalue weighted by atomic mass is 35.5. The first kappa shape index (κ1) is 30.1. The molecular weight excluding hydrogens is 586 g/mol. The third-order valence-electron chi connectivity index (χ3n) is 6.47. The number of ether oxygens (including phenoxy) is 1. The second kappa shape index (κ2) is 12.0. The number of rotatable bonds is 8. The Labute approximate surface area is 243 Å². The van der Waals surface area contributed by atoms with Crippen LogP contribution in [0.25, 0.3) is 0 Å². The van der Waals surface area contributed by atoms with Gasteiger partial charge in [0.15, 0.2) is 5.69 Å². The number of amides is 1. The summed E-state index contributed by atoms with van der Waals surface area (Å²) in [5.41, 5.74) is -1.06. The summed E-state index contributed by atoms with van der Waals surface area (Å²) in [5, 5.41) is 13.9. The van der Waals surface area contributed by atoms with E-state index in [0.717, 1.165) is 11.0 Å². The molecule has 0 saturated heterocycles. The van der Waals surface area contributed by atoms with E-state index in [4.69, 9.17) is 37.9 Å². The van der Waals surface area contributed by atoms with Gasteiger partial charge in [-0.15, -0.1) is 0 Å². The molecular formula is C28H24Cl2F3N3O5. The molecule has 1 aliphatic heterocycles. The van der Waals surface area contributed by atoms with Gasteiger partial charge in [-0.05, 0) is 48.4 Å². The monoisotopic (exact) mass is 609 g/mol. The number of aromatic nitrogens is 1. The lowest BCUT2D eigenvalue weighted by molar-refractivity contribution is -0.140. The number of halogens is 5. The number of benzene rings is 2. The van der Waals surface area contributed by atoms with Crippen LogP contribution in [0.15, 0.2) is 59.8 Å². The zero-order chi connectivity index (χ0) is 30.1. The lowest BCUT2D eigenvalue weighted by Gasteiger charge is -2.24. The van der Waals surface area contributed by atoms with Crippen molar-refractivity contribution in [2.45, 2.75) is 26.1 Å². The molecule has 1 aliphatic rings. The highest BCUT2D eigenvalue weighted by Crippen LogP contribution is 2.38. The molecule has 0 radical (unpaired) electrons. The summed E-state index contributed by atoms with van der Waals surface area (Å²) < 4.78 is 48.0. The number of aromatic carboxylic acids is 1. The summed E-state index contributed by atoms with van der Waals surface area (Å²) >= 11 is 12.7. The van der Waals surface area contributed by atoms with Crippen LogP contribution in [-0.4, -0.2) is 47.4 Å². The number of carbonyl (C=O) groups is 2. The van der Waals surface area contributed by atoms with Crippen LogP contribution in [0, 0.1) is 11.8 Å². The van der Waals surface area contributed by atoms with Crippen molar-refractivity contribution >= 4 is 46.5 Å². The Morgan fingerprint density at radius 2 is 1.66 bits per heavy atom. The van der Waals surface area contributed by atoms with Gasteiger partial charge in [0.05, 0.1) is 27.2 Å². The molecule has 4 rings (SSSR count). The van der Waals surface area contributed by atoms with Gasteiger partial charge in [0, 0.05) is 24.2 Å². The highest BCUT2D eigenvalue weighted by Gasteiger charge is 2.41. The molecule has 1 aromatic heterocycles. The molecule has 3 aromatic rings. The van der Waals surface area contributed by atoms with E-state index in [1.54, 1.807) is 18.2 Å². The van der Waals surface area contributed by atoms with Crippen molar-refractivity contribution in [1.29, 1.82) is 0 Å². The lowest BCUT2D eigenvalue weighted by atomic mass is 9.87. The van der Waals surface area contributed by atoms with E-state index in [0.29, 0.717) is 21.3 Å². The number of carbonyl (C=O) groups excluding carboxylic acids is 1. The van der Waals surface area contributed by atoms with Crippen molar-refractivity contribution in [3.8, 4) is 5.88 Å². The normalized spacial score (nSPS) is 16.8. The summed E-state index contributed by atoms with van der Waals surface area (Å²) in [7, 11) is 1.17. The number of anilines is 1. The fourth-order valence-electron chi connectivity index (χ4n) is 4.38. The minimum atomic E-state index is -4.93. The van der Waals surface area contributed by atoms with Gasteiger partial charge in [0.2, 0.25) is 5.88 Å². The molecule has 0 aliphatic carbocycles. The molecule has 2 heterocycles. The Balaban J connectivity index is 1.60. The molecule has 0 spiro atoms. The van der Waals surface area contributed by atoms with E-state index in [1.807, 2.05) is 13.8 Å². The standard InChI is InChI=1S/C28H24Cl2F3N3O5/c1-14(2)24-17(23(35-41-24)22-18(29)5-4-6-19(22)30)13-40-21-12-11-20(25(34-21)28(31,32)33)36(3)26(37)15-7-9-16(10-8-15)27(38)39/h4-12,14,17,24H,13H2,1-3H3,(H,38,39). The van der Waals surface area contributed by atoms with Crippen molar-refractivity contribution in [1.82, 2.24) is 4.98 Å². The first-order valence-corrected chi connectivity index (χ1v) is 13.1. The van der Waals surface area contributed by atoms with Crippen LogP contribution in [0.3, 0.4) is 0 Å². The maximum Gasteiger partial charge on any atom is 0.435 e. The van der Waals surface area contributed by atoms with Crippen molar-refractivity contribution in [3.63, 3.8) is 0 Å². The van der Waals surface area contributed by atoms with Crippen LogP contribution in [0.5, 0.6) is 5.88 Å². The van der Waals surface area contributed by atoms with Gasteiger partial charge in [-0.3, -0.25) is 4.79 Å². The molecule has 1 amide bonds. The Hall–Kier alpha value is -3.83. The predicted molar refractivity (Wildman–Crippen MR) is 147 cm³/mol. The van der Waals surface area contributed by atoms with E-state index in [-0.39, 0.29) is 29.5 Å². The van der Waals surface area contributed by atoms with Gasteiger partial charge in [-0.2, -0.15) is 13.2 Å². The van der Waals surface area contributed by atoms with Gasteiger partial charge >= 0.3 is 12.1 Å². The maximum absolute atomic E-state index is 14.1. The fraction of sp³-hybridized carbons (Fsp3) is 0.286. The van der Waals surface area contributed by atoms with Crippen LogP contribution < -0.4 is 9.64 Å². The van der Waals surface area contributed by atoms with E-state index in [2.05, 4.69) is 10.1 Å². The lowest BCUT2D eigenvalue weighted by Crippen LogP contribution is -2.34. The third-order valence-corrected chi connectivity index (χ3v) is 7.10. The first-order valence-electron chi connectivity index (χ1n) is 12.3. The molecule has 13 heteroatoms. The average Bonchev–Trinajstić information content (AvgIpc) is 3.34. The topological polar surface area (TPSA) is 101 Å². The van der Waals surface area contributed by atoms with E-state index in [1.165, 1.54) is 37.4 Å². The molecule has 2 aromatic carbocycles. The van der Waals surface area contributed by atoms with Crippen LogP contribution in [0.1, 0.15) is 45.8 Å². The van der Waals surface area contributed by atoms with Crippen molar-refractivity contribution in [3.05, 3.63) is 87.0 Å². The van der Waals surface area contributed by atoms with E-state index >= 15 is 0 Å². The molecule has 2 atom stereocenters. The number of carboxylic acid groups (broad SMARTS) is 1. The number of pyridine rings is 1.